The summed E-state index contributed by atoms with van der Waals surface area (Å²) in [5.41, 5.74) is 5.48. The van der Waals surface area contributed by atoms with Gasteiger partial charge in [-0.05, 0) is 31.0 Å². The third kappa shape index (κ3) is 2.76. The summed E-state index contributed by atoms with van der Waals surface area (Å²) < 4.78 is 5.19. The Balaban J connectivity index is 2.23. The fourth-order valence-electron chi connectivity index (χ4n) is 0.961. The van der Waals surface area contributed by atoms with E-state index in [0.29, 0.717) is 5.92 Å². The van der Waals surface area contributed by atoms with Crippen LogP contribution >= 0.6 is 0 Å². The molecule has 0 bridgehead atoms. The molecule has 0 aromatic carbocycles. The minimum absolute atomic E-state index is 0.597. The van der Waals surface area contributed by atoms with Crippen LogP contribution in [0.15, 0.2) is 22.8 Å². The molecule has 1 aromatic rings. The van der Waals surface area contributed by atoms with E-state index in [0.717, 1.165) is 25.1 Å². The van der Waals surface area contributed by atoms with Gasteiger partial charge >= 0.3 is 0 Å². The molecule has 0 amide bonds. The van der Waals surface area contributed by atoms with Gasteiger partial charge < -0.3 is 10.2 Å². The SMILES string of the molecule is CC(CN)CCc1ccco1. The van der Waals surface area contributed by atoms with Gasteiger partial charge in [0.05, 0.1) is 6.26 Å². The second kappa shape index (κ2) is 4.19. The molecular weight excluding hydrogens is 138 g/mol. The van der Waals surface area contributed by atoms with Gasteiger partial charge in [-0.15, -0.1) is 0 Å². The van der Waals surface area contributed by atoms with E-state index in [1.807, 2.05) is 12.1 Å². The van der Waals surface area contributed by atoms with Gasteiger partial charge in [-0.3, -0.25) is 0 Å². The van der Waals surface area contributed by atoms with E-state index in [2.05, 4.69) is 6.92 Å². The van der Waals surface area contributed by atoms with Crippen molar-refractivity contribution in [3.63, 3.8) is 0 Å². The molecule has 1 aromatic heterocycles. The maximum atomic E-state index is 5.48. The number of hydrogen-bond acceptors (Lipinski definition) is 2. The van der Waals surface area contributed by atoms with Crippen LogP contribution in [0.3, 0.4) is 0 Å². The molecule has 0 aliphatic rings. The van der Waals surface area contributed by atoms with Crippen LogP contribution in [0.2, 0.25) is 0 Å². The van der Waals surface area contributed by atoms with Gasteiger partial charge in [0.2, 0.25) is 0 Å². The molecule has 0 spiro atoms. The van der Waals surface area contributed by atoms with Crippen molar-refractivity contribution in [1.82, 2.24) is 0 Å². The molecule has 2 nitrogen and oxygen atoms in total. The number of nitrogens with two attached hydrogens (primary N) is 1. The van der Waals surface area contributed by atoms with Crippen LogP contribution in [0.5, 0.6) is 0 Å². The van der Waals surface area contributed by atoms with Crippen LogP contribution in [0.1, 0.15) is 19.1 Å². The summed E-state index contributed by atoms with van der Waals surface area (Å²) in [4.78, 5) is 0. The monoisotopic (exact) mass is 153 g/mol. The zero-order chi connectivity index (χ0) is 8.10. The van der Waals surface area contributed by atoms with Crippen LogP contribution in [0.25, 0.3) is 0 Å². The molecule has 2 heteroatoms. The Hall–Kier alpha value is -0.760. The first-order chi connectivity index (χ1) is 5.33. The Labute approximate surface area is 67.4 Å². The van der Waals surface area contributed by atoms with Gasteiger partial charge in [0, 0.05) is 6.42 Å². The number of aryl methyl sites for hydroxylation is 1. The van der Waals surface area contributed by atoms with E-state index < -0.39 is 0 Å². The molecule has 2 N–H and O–H groups in total. The smallest absolute Gasteiger partial charge is 0.103 e. The second-order valence-electron chi connectivity index (χ2n) is 2.96. The highest BCUT2D eigenvalue weighted by molar-refractivity contribution is 4.98. The summed E-state index contributed by atoms with van der Waals surface area (Å²) in [5.74, 6) is 1.66. The lowest BCUT2D eigenvalue weighted by Gasteiger charge is -2.04. The topological polar surface area (TPSA) is 39.2 Å². The van der Waals surface area contributed by atoms with E-state index in [-0.39, 0.29) is 0 Å². The normalized spacial score (nSPS) is 13.3. The molecule has 1 heterocycles. The van der Waals surface area contributed by atoms with Crippen molar-refractivity contribution < 1.29 is 4.42 Å². The highest BCUT2D eigenvalue weighted by atomic mass is 16.3. The first-order valence-electron chi connectivity index (χ1n) is 4.05. The maximum Gasteiger partial charge on any atom is 0.103 e. The van der Waals surface area contributed by atoms with Gasteiger partial charge in [-0.2, -0.15) is 0 Å². The minimum Gasteiger partial charge on any atom is -0.469 e. The van der Waals surface area contributed by atoms with Crippen LogP contribution in [-0.4, -0.2) is 6.54 Å². The molecule has 1 atom stereocenters. The predicted molar refractivity (Wildman–Crippen MR) is 45.2 cm³/mol. The average Bonchev–Trinajstić information content (AvgIpc) is 2.52. The van der Waals surface area contributed by atoms with Gasteiger partial charge in [0.25, 0.3) is 0 Å². The molecule has 1 rings (SSSR count). The maximum absolute atomic E-state index is 5.48. The summed E-state index contributed by atoms with van der Waals surface area (Å²) in [7, 11) is 0. The summed E-state index contributed by atoms with van der Waals surface area (Å²) in [6.07, 6.45) is 3.83. The Morgan fingerprint density at radius 2 is 2.45 bits per heavy atom. The van der Waals surface area contributed by atoms with Gasteiger partial charge in [0.1, 0.15) is 5.76 Å². The molecule has 0 saturated heterocycles. The molecule has 62 valence electrons. The highest BCUT2D eigenvalue weighted by Gasteiger charge is 2.00. The lowest BCUT2D eigenvalue weighted by atomic mass is 10.1. The van der Waals surface area contributed by atoms with Crippen LogP contribution in [0, 0.1) is 5.92 Å². The van der Waals surface area contributed by atoms with E-state index in [4.69, 9.17) is 10.2 Å². The summed E-state index contributed by atoms with van der Waals surface area (Å²) in [6.45, 7) is 2.92. The van der Waals surface area contributed by atoms with Gasteiger partial charge in [-0.25, -0.2) is 0 Å². The van der Waals surface area contributed by atoms with Crippen molar-refractivity contribution in [1.29, 1.82) is 0 Å². The largest absolute Gasteiger partial charge is 0.469 e. The van der Waals surface area contributed by atoms with Crippen LogP contribution in [-0.2, 0) is 6.42 Å². The van der Waals surface area contributed by atoms with Crippen molar-refractivity contribution in [3.8, 4) is 0 Å². The number of rotatable bonds is 4. The van der Waals surface area contributed by atoms with Crippen LogP contribution < -0.4 is 5.73 Å². The minimum atomic E-state index is 0.597. The summed E-state index contributed by atoms with van der Waals surface area (Å²) >= 11 is 0. The van der Waals surface area contributed by atoms with Crippen molar-refractivity contribution >= 4 is 0 Å². The first kappa shape index (κ1) is 8.34. The fourth-order valence-corrected chi connectivity index (χ4v) is 0.961. The summed E-state index contributed by atoms with van der Waals surface area (Å²) in [6, 6.07) is 3.92. The van der Waals surface area contributed by atoms with Crippen molar-refractivity contribution in [2.24, 2.45) is 11.7 Å². The number of hydrogen-bond donors (Lipinski definition) is 1. The second-order valence-corrected chi connectivity index (χ2v) is 2.96. The Morgan fingerprint density at radius 3 is 3.00 bits per heavy atom. The van der Waals surface area contributed by atoms with Gasteiger partial charge in [0.15, 0.2) is 0 Å². The zero-order valence-corrected chi connectivity index (χ0v) is 6.92. The molecule has 0 fully saturated rings. The lowest BCUT2D eigenvalue weighted by Crippen LogP contribution is -2.11. The molecule has 0 aliphatic heterocycles. The third-order valence-corrected chi connectivity index (χ3v) is 1.87. The molecule has 1 unspecified atom stereocenters. The molecule has 11 heavy (non-hydrogen) atoms. The zero-order valence-electron chi connectivity index (χ0n) is 6.92. The first-order valence-corrected chi connectivity index (χ1v) is 4.05. The highest BCUT2D eigenvalue weighted by Crippen LogP contribution is 2.08. The molecular formula is C9H15NO. The number of furan rings is 1. The molecule has 0 saturated carbocycles. The molecule has 0 radical (unpaired) electrons. The quantitative estimate of drug-likeness (QED) is 0.716. The standard InChI is InChI=1S/C9H15NO/c1-8(7-10)4-5-9-3-2-6-11-9/h2-3,6,8H,4-5,7,10H2,1H3. The van der Waals surface area contributed by atoms with Crippen molar-refractivity contribution in [2.45, 2.75) is 19.8 Å². The van der Waals surface area contributed by atoms with Crippen LogP contribution in [0.4, 0.5) is 0 Å². The van der Waals surface area contributed by atoms with Crippen molar-refractivity contribution in [3.05, 3.63) is 24.2 Å². The Morgan fingerprint density at radius 1 is 1.64 bits per heavy atom. The lowest BCUT2D eigenvalue weighted by molar-refractivity contribution is 0.465. The van der Waals surface area contributed by atoms with E-state index >= 15 is 0 Å². The van der Waals surface area contributed by atoms with E-state index in [1.54, 1.807) is 6.26 Å². The Bertz CT molecular complexity index is 181. The fraction of sp³-hybridized carbons (Fsp3) is 0.556. The Kier molecular flexibility index (Phi) is 3.17. The van der Waals surface area contributed by atoms with Gasteiger partial charge in [-0.1, -0.05) is 6.92 Å². The summed E-state index contributed by atoms with van der Waals surface area (Å²) in [5, 5.41) is 0. The average molecular weight is 153 g/mol. The van der Waals surface area contributed by atoms with E-state index in [1.165, 1.54) is 0 Å². The van der Waals surface area contributed by atoms with Crippen molar-refractivity contribution in [2.75, 3.05) is 6.54 Å². The molecule has 0 aliphatic carbocycles. The predicted octanol–water partition coefficient (Wildman–Crippen LogP) is 1.81. The van der Waals surface area contributed by atoms with E-state index in [9.17, 15) is 0 Å². The third-order valence-electron chi connectivity index (χ3n) is 1.87.